The van der Waals surface area contributed by atoms with Gasteiger partial charge in [0, 0.05) is 6.54 Å². The van der Waals surface area contributed by atoms with Crippen LogP contribution in [0.2, 0.25) is 0 Å². The first-order valence-corrected chi connectivity index (χ1v) is 5.68. The van der Waals surface area contributed by atoms with Gasteiger partial charge in [0.05, 0.1) is 11.7 Å². The Hall–Kier alpha value is -1.89. The fraction of sp³-hybridized carbons (Fsp3) is 0.385. The van der Waals surface area contributed by atoms with E-state index in [-0.39, 0.29) is 11.6 Å². The van der Waals surface area contributed by atoms with E-state index in [1.807, 2.05) is 11.0 Å². The molecule has 1 atom stereocenters. The van der Waals surface area contributed by atoms with E-state index >= 15 is 0 Å². The molecule has 1 unspecified atom stereocenters. The second kappa shape index (κ2) is 4.96. The lowest BCUT2D eigenvalue weighted by molar-refractivity contribution is -0.109. The van der Waals surface area contributed by atoms with Crippen molar-refractivity contribution in [3.05, 3.63) is 29.6 Å². The first kappa shape index (κ1) is 11.6. The third-order valence-electron chi connectivity index (χ3n) is 3.12. The molecule has 17 heavy (non-hydrogen) atoms. The number of nitriles is 1. The van der Waals surface area contributed by atoms with E-state index in [2.05, 4.69) is 0 Å². The molecule has 0 radical (unpaired) electrons. The summed E-state index contributed by atoms with van der Waals surface area (Å²) in [5, 5.41) is 8.98. The molecule has 0 aliphatic carbocycles. The highest BCUT2D eigenvalue weighted by Crippen LogP contribution is 2.28. The van der Waals surface area contributed by atoms with Crippen LogP contribution in [-0.2, 0) is 4.79 Å². The van der Waals surface area contributed by atoms with Crippen molar-refractivity contribution >= 4 is 12.0 Å². The molecule has 1 aromatic rings. The largest absolute Gasteiger partial charge is 0.361 e. The summed E-state index contributed by atoms with van der Waals surface area (Å²) in [4.78, 5) is 12.8. The molecule has 1 fully saturated rings. The first-order valence-electron chi connectivity index (χ1n) is 5.68. The lowest BCUT2D eigenvalue weighted by Crippen LogP contribution is -2.41. The Labute approximate surface area is 99.5 Å². The number of hydrogen-bond acceptors (Lipinski definition) is 3. The number of rotatable bonds is 2. The Kier molecular flexibility index (Phi) is 3.38. The fourth-order valence-corrected chi connectivity index (χ4v) is 2.26. The van der Waals surface area contributed by atoms with Crippen molar-refractivity contribution in [3.8, 4) is 6.07 Å². The van der Waals surface area contributed by atoms with Gasteiger partial charge in [0.1, 0.15) is 23.7 Å². The van der Waals surface area contributed by atoms with Crippen molar-refractivity contribution < 1.29 is 9.18 Å². The molecule has 1 saturated heterocycles. The third-order valence-corrected chi connectivity index (χ3v) is 3.12. The van der Waals surface area contributed by atoms with E-state index in [1.165, 1.54) is 6.07 Å². The average molecular weight is 232 g/mol. The normalized spacial score (nSPS) is 19.8. The number of halogens is 1. The maximum absolute atomic E-state index is 13.5. The smallest absolute Gasteiger partial charge is 0.143 e. The van der Waals surface area contributed by atoms with Crippen molar-refractivity contribution in [2.24, 2.45) is 0 Å². The molecular formula is C13H13FN2O. The summed E-state index contributed by atoms with van der Waals surface area (Å²) in [5.41, 5.74) is 0.561. The molecule has 0 bridgehead atoms. The topological polar surface area (TPSA) is 44.1 Å². The number of hydrogen-bond donors (Lipinski definition) is 0. The zero-order valence-electron chi connectivity index (χ0n) is 9.40. The summed E-state index contributed by atoms with van der Waals surface area (Å²) >= 11 is 0. The molecule has 2 rings (SSSR count). The molecule has 1 aliphatic heterocycles. The minimum absolute atomic E-state index is 0.0289. The predicted octanol–water partition coefficient (Wildman–Crippen LogP) is 2.26. The fourth-order valence-electron chi connectivity index (χ4n) is 2.26. The number of carbonyl (C=O) groups is 1. The van der Waals surface area contributed by atoms with E-state index in [0.717, 1.165) is 25.5 Å². The SMILES string of the molecule is N#Cc1c(F)cccc1N1CCCCC1C=O. The molecule has 4 heteroatoms. The maximum atomic E-state index is 13.5. The second-order valence-electron chi connectivity index (χ2n) is 4.14. The standard InChI is InChI=1S/C13H13FN2O/c14-12-5-3-6-13(11(12)8-15)16-7-2-1-4-10(16)9-17/h3,5-6,9-10H,1-2,4,7H2. The molecule has 0 N–H and O–H groups in total. The molecule has 0 aromatic heterocycles. The van der Waals surface area contributed by atoms with Gasteiger partial charge in [-0.25, -0.2) is 4.39 Å². The first-order chi connectivity index (χ1) is 8.27. The highest BCUT2D eigenvalue weighted by molar-refractivity contribution is 5.70. The average Bonchev–Trinajstić information content (AvgIpc) is 2.38. The van der Waals surface area contributed by atoms with E-state index < -0.39 is 5.82 Å². The van der Waals surface area contributed by atoms with Crippen LogP contribution in [0.4, 0.5) is 10.1 Å². The van der Waals surface area contributed by atoms with E-state index in [0.29, 0.717) is 12.2 Å². The van der Waals surface area contributed by atoms with Gasteiger partial charge in [-0.15, -0.1) is 0 Å². The number of nitrogens with zero attached hydrogens (tertiary/aromatic N) is 2. The van der Waals surface area contributed by atoms with Crippen molar-refractivity contribution in [3.63, 3.8) is 0 Å². The molecular weight excluding hydrogens is 219 g/mol. The highest BCUT2D eigenvalue weighted by Gasteiger charge is 2.24. The van der Waals surface area contributed by atoms with Gasteiger partial charge in [-0.1, -0.05) is 6.07 Å². The molecule has 88 valence electrons. The minimum Gasteiger partial charge on any atom is -0.361 e. The molecule has 0 amide bonds. The van der Waals surface area contributed by atoms with Crippen LogP contribution in [0.1, 0.15) is 24.8 Å². The van der Waals surface area contributed by atoms with Crippen LogP contribution in [0, 0.1) is 17.1 Å². The molecule has 1 aromatic carbocycles. The second-order valence-corrected chi connectivity index (χ2v) is 4.14. The van der Waals surface area contributed by atoms with Gasteiger partial charge < -0.3 is 9.69 Å². The molecule has 1 heterocycles. The summed E-state index contributed by atoms with van der Waals surface area (Å²) < 4.78 is 13.5. The van der Waals surface area contributed by atoms with E-state index in [9.17, 15) is 9.18 Å². The predicted molar refractivity (Wildman–Crippen MR) is 62.2 cm³/mol. The van der Waals surface area contributed by atoms with E-state index in [1.54, 1.807) is 12.1 Å². The van der Waals surface area contributed by atoms with Crippen LogP contribution in [0.3, 0.4) is 0 Å². The summed E-state index contributed by atoms with van der Waals surface area (Å²) in [5.74, 6) is -0.528. The van der Waals surface area contributed by atoms with Crippen molar-refractivity contribution in [2.75, 3.05) is 11.4 Å². The summed E-state index contributed by atoms with van der Waals surface area (Å²) in [6.07, 6.45) is 3.61. The Morgan fingerprint density at radius 1 is 1.47 bits per heavy atom. The zero-order chi connectivity index (χ0) is 12.3. The summed E-state index contributed by atoms with van der Waals surface area (Å²) in [6, 6.07) is 6.17. The van der Waals surface area contributed by atoms with Crippen LogP contribution >= 0.6 is 0 Å². The number of benzene rings is 1. The Morgan fingerprint density at radius 3 is 3.00 bits per heavy atom. The van der Waals surface area contributed by atoms with Gasteiger partial charge in [-0.05, 0) is 31.4 Å². The molecule has 3 nitrogen and oxygen atoms in total. The van der Waals surface area contributed by atoms with Gasteiger partial charge >= 0.3 is 0 Å². The highest BCUT2D eigenvalue weighted by atomic mass is 19.1. The maximum Gasteiger partial charge on any atom is 0.143 e. The van der Waals surface area contributed by atoms with Crippen LogP contribution in [-0.4, -0.2) is 18.9 Å². The quantitative estimate of drug-likeness (QED) is 0.734. The van der Waals surface area contributed by atoms with Crippen molar-refractivity contribution in [1.82, 2.24) is 0 Å². The van der Waals surface area contributed by atoms with Crippen LogP contribution in [0.5, 0.6) is 0 Å². The third kappa shape index (κ3) is 2.14. The van der Waals surface area contributed by atoms with Crippen LogP contribution < -0.4 is 4.90 Å². The minimum atomic E-state index is -0.528. The lowest BCUT2D eigenvalue weighted by atomic mass is 10.0. The Bertz CT molecular complexity index is 467. The summed E-state index contributed by atoms with van der Waals surface area (Å²) in [7, 11) is 0. The summed E-state index contributed by atoms with van der Waals surface area (Å²) in [6.45, 7) is 0.696. The Balaban J connectivity index is 2.42. The number of carbonyl (C=O) groups excluding carboxylic acids is 1. The van der Waals surface area contributed by atoms with Crippen LogP contribution in [0.25, 0.3) is 0 Å². The molecule has 0 spiro atoms. The van der Waals surface area contributed by atoms with Gasteiger partial charge in [0.15, 0.2) is 0 Å². The molecule has 0 saturated carbocycles. The van der Waals surface area contributed by atoms with Crippen LogP contribution in [0.15, 0.2) is 18.2 Å². The van der Waals surface area contributed by atoms with Crippen molar-refractivity contribution in [2.45, 2.75) is 25.3 Å². The monoisotopic (exact) mass is 232 g/mol. The number of anilines is 1. The van der Waals surface area contributed by atoms with Gasteiger partial charge in [0.2, 0.25) is 0 Å². The van der Waals surface area contributed by atoms with E-state index in [4.69, 9.17) is 5.26 Å². The Morgan fingerprint density at radius 2 is 2.29 bits per heavy atom. The lowest BCUT2D eigenvalue weighted by Gasteiger charge is -2.34. The number of aldehydes is 1. The zero-order valence-corrected chi connectivity index (χ0v) is 9.40. The van der Waals surface area contributed by atoms with Gasteiger partial charge in [-0.2, -0.15) is 5.26 Å². The van der Waals surface area contributed by atoms with Crippen molar-refractivity contribution in [1.29, 1.82) is 5.26 Å². The molecule has 1 aliphatic rings. The number of piperidine rings is 1. The van der Waals surface area contributed by atoms with Gasteiger partial charge in [-0.3, -0.25) is 0 Å². The van der Waals surface area contributed by atoms with Gasteiger partial charge in [0.25, 0.3) is 0 Å².